The van der Waals surface area contributed by atoms with Crippen molar-refractivity contribution in [1.82, 2.24) is 15.5 Å². The Labute approximate surface area is 89.4 Å². The Balaban J connectivity index is 1.72. The minimum atomic E-state index is 0.510. The maximum atomic E-state index is 5.30. The first kappa shape index (κ1) is 9.33. The van der Waals surface area contributed by atoms with E-state index in [0.29, 0.717) is 11.8 Å². The van der Waals surface area contributed by atoms with Gasteiger partial charge in [-0.05, 0) is 45.2 Å². The summed E-state index contributed by atoms with van der Waals surface area (Å²) in [6.07, 6.45) is 6.01. The van der Waals surface area contributed by atoms with Crippen LogP contribution in [0.15, 0.2) is 4.52 Å². The molecule has 2 fully saturated rings. The van der Waals surface area contributed by atoms with Crippen LogP contribution in [0.4, 0.5) is 0 Å². The minimum Gasteiger partial charge on any atom is -0.339 e. The summed E-state index contributed by atoms with van der Waals surface area (Å²) in [7, 11) is 0. The zero-order valence-electron chi connectivity index (χ0n) is 8.91. The molecule has 0 radical (unpaired) electrons. The molecule has 2 heterocycles. The van der Waals surface area contributed by atoms with Crippen LogP contribution in [-0.4, -0.2) is 23.2 Å². The van der Waals surface area contributed by atoms with Crippen molar-refractivity contribution in [2.45, 2.75) is 43.9 Å². The Kier molecular flexibility index (Phi) is 2.44. The predicted octanol–water partition coefficient (Wildman–Crippen LogP) is 1.80. The first-order valence-electron chi connectivity index (χ1n) is 5.97. The number of rotatable bonds is 2. The molecule has 2 aliphatic rings. The Morgan fingerprint density at radius 3 is 2.87 bits per heavy atom. The first-order chi connectivity index (χ1) is 7.43. The van der Waals surface area contributed by atoms with Crippen molar-refractivity contribution in [3.05, 3.63) is 11.7 Å². The molecule has 0 spiro atoms. The summed E-state index contributed by atoms with van der Waals surface area (Å²) in [6.45, 7) is 2.21. The zero-order valence-corrected chi connectivity index (χ0v) is 8.91. The Hall–Kier alpha value is -0.900. The molecule has 1 N–H and O–H groups in total. The van der Waals surface area contributed by atoms with Crippen LogP contribution in [0.5, 0.6) is 0 Å². The third kappa shape index (κ3) is 2.04. The summed E-state index contributed by atoms with van der Waals surface area (Å²) in [5.41, 5.74) is 0. The van der Waals surface area contributed by atoms with E-state index in [1.807, 2.05) is 0 Å². The highest BCUT2D eigenvalue weighted by Crippen LogP contribution is 2.39. The Morgan fingerprint density at radius 2 is 2.00 bits per heavy atom. The van der Waals surface area contributed by atoms with Crippen molar-refractivity contribution >= 4 is 0 Å². The SMILES string of the molecule is C1CNCCC(c2noc(C3CC3)n2)C1. The van der Waals surface area contributed by atoms with Gasteiger partial charge in [0.15, 0.2) is 5.82 Å². The fourth-order valence-corrected chi connectivity index (χ4v) is 2.19. The van der Waals surface area contributed by atoms with Crippen LogP contribution in [-0.2, 0) is 0 Å². The molecule has 0 aromatic carbocycles. The van der Waals surface area contributed by atoms with Gasteiger partial charge in [-0.3, -0.25) is 0 Å². The molecule has 1 unspecified atom stereocenters. The largest absolute Gasteiger partial charge is 0.339 e. The van der Waals surface area contributed by atoms with E-state index in [2.05, 4.69) is 15.5 Å². The lowest BCUT2D eigenvalue weighted by Crippen LogP contribution is -2.14. The first-order valence-corrected chi connectivity index (χ1v) is 5.97. The molecule has 1 aliphatic heterocycles. The second-order valence-electron chi connectivity index (χ2n) is 4.64. The molecule has 15 heavy (non-hydrogen) atoms. The lowest BCUT2D eigenvalue weighted by Gasteiger charge is -2.06. The summed E-state index contributed by atoms with van der Waals surface area (Å²) in [4.78, 5) is 4.53. The van der Waals surface area contributed by atoms with Crippen molar-refractivity contribution in [3.8, 4) is 0 Å². The van der Waals surface area contributed by atoms with Gasteiger partial charge in [0.1, 0.15) is 0 Å². The van der Waals surface area contributed by atoms with Crippen LogP contribution in [0.1, 0.15) is 55.7 Å². The molecule has 1 aliphatic carbocycles. The molecule has 1 atom stereocenters. The predicted molar refractivity (Wildman–Crippen MR) is 55.7 cm³/mol. The van der Waals surface area contributed by atoms with Crippen LogP contribution in [0.25, 0.3) is 0 Å². The molecular weight excluding hydrogens is 190 g/mol. The van der Waals surface area contributed by atoms with Crippen molar-refractivity contribution in [2.75, 3.05) is 13.1 Å². The summed E-state index contributed by atoms with van der Waals surface area (Å²) in [6, 6.07) is 0. The summed E-state index contributed by atoms with van der Waals surface area (Å²) in [5, 5.41) is 7.53. The lowest BCUT2D eigenvalue weighted by atomic mass is 10.0. The van der Waals surface area contributed by atoms with E-state index < -0.39 is 0 Å². The molecule has 1 aromatic rings. The maximum absolute atomic E-state index is 5.30. The molecule has 1 saturated carbocycles. The molecule has 1 aromatic heterocycles. The van der Waals surface area contributed by atoms with E-state index in [9.17, 15) is 0 Å². The van der Waals surface area contributed by atoms with Crippen LogP contribution >= 0.6 is 0 Å². The van der Waals surface area contributed by atoms with E-state index in [-0.39, 0.29) is 0 Å². The number of nitrogens with zero attached hydrogens (tertiary/aromatic N) is 2. The number of aromatic nitrogens is 2. The van der Waals surface area contributed by atoms with E-state index in [4.69, 9.17) is 4.52 Å². The van der Waals surface area contributed by atoms with Gasteiger partial charge in [-0.25, -0.2) is 0 Å². The second kappa shape index (κ2) is 3.93. The molecule has 3 rings (SSSR count). The average Bonchev–Trinajstić information content (AvgIpc) is 3.04. The summed E-state index contributed by atoms with van der Waals surface area (Å²) in [5.74, 6) is 2.91. The fraction of sp³-hybridized carbons (Fsp3) is 0.818. The van der Waals surface area contributed by atoms with Crippen molar-refractivity contribution in [3.63, 3.8) is 0 Å². The highest BCUT2D eigenvalue weighted by Gasteiger charge is 2.30. The third-order valence-electron chi connectivity index (χ3n) is 3.32. The maximum Gasteiger partial charge on any atom is 0.229 e. The Morgan fingerprint density at radius 1 is 1.07 bits per heavy atom. The smallest absolute Gasteiger partial charge is 0.229 e. The van der Waals surface area contributed by atoms with Crippen LogP contribution < -0.4 is 5.32 Å². The van der Waals surface area contributed by atoms with Crippen molar-refractivity contribution in [1.29, 1.82) is 0 Å². The lowest BCUT2D eigenvalue weighted by molar-refractivity contribution is 0.368. The molecule has 82 valence electrons. The molecule has 4 nitrogen and oxygen atoms in total. The summed E-state index contributed by atoms with van der Waals surface area (Å²) >= 11 is 0. The highest BCUT2D eigenvalue weighted by atomic mass is 16.5. The number of hydrogen-bond donors (Lipinski definition) is 1. The number of nitrogens with one attached hydrogen (secondary N) is 1. The molecule has 0 bridgehead atoms. The van der Waals surface area contributed by atoms with E-state index in [1.165, 1.54) is 25.7 Å². The highest BCUT2D eigenvalue weighted by molar-refractivity contribution is 5.04. The standard InChI is InChI=1S/C11H17N3O/c1-2-8(5-7-12-6-1)10-13-11(15-14-10)9-3-4-9/h8-9,12H,1-7H2. The van der Waals surface area contributed by atoms with Crippen LogP contribution in [0.2, 0.25) is 0 Å². The normalized spacial score (nSPS) is 27.6. The topological polar surface area (TPSA) is 51.0 Å². The van der Waals surface area contributed by atoms with Crippen LogP contribution in [0, 0.1) is 0 Å². The van der Waals surface area contributed by atoms with Crippen LogP contribution in [0.3, 0.4) is 0 Å². The van der Waals surface area contributed by atoms with Gasteiger partial charge in [0.2, 0.25) is 5.89 Å². The Bertz CT molecular complexity index is 324. The monoisotopic (exact) mass is 207 g/mol. The molecule has 1 saturated heterocycles. The van der Waals surface area contributed by atoms with Gasteiger partial charge in [-0.2, -0.15) is 4.98 Å². The minimum absolute atomic E-state index is 0.510. The molecular formula is C11H17N3O. The second-order valence-corrected chi connectivity index (χ2v) is 4.64. The average molecular weight is 207 g/mol. The quantitative estimate of drug-likeness (QED) is 0.803. The number of hydrogen-bond acceptors (Lipinski definition) is 4. The molecule has 0 amide bonds. The summed E-state index contributed by atoms with van der Waals surface area (Å²) < 4.78 is 5.30. The van der Waals surface area contributed by atoms with Gasteiger partial charge in [-0.15, -0.1) is 0 Å². The van der Waals surface area contributed by atoms with E-state index in [1.54, 1.807) is 0 Å². The van der Waals surface area contributed by atoms with Gasteiger partial charge >= 0.3 is 0 Å². The van der Waals surface area contributed by atoms with Gasteiger partial charge in [0.25, 0.3) is 0 Å². The van der Waals surface area contributed by atoms with Crippen molar-refractivity contribution in [2.24, 2.45) is 0 Å². The van der Waals surface area contributed by atoms with Gasteiger partial charge < -0.3 is 9.84 Å². The van der Waals surface area contributed by atoms with Gasteiger partial charge in [0.05, 0.1) is 0 Å². The fourth-order valence-electron chi connectivity index (χ4n) is 2.19. The van der Waals surface area contributed by atoms with Gasteiger partial charge in [-0.1, -0.05) is 5.16 Å². The molecule has 4 heteroatoms. The van der Waals surface area contributed by atoms with Gasteiger partial charge in [0, 0.05) is 11.8 Å². The van der Waals surface area contributed by atoms with E-state index in [0.717, 1.165) is 31.2 Å². The van der Waals surface area contributed by atoms with Crippen molar-refractivity contribution < 1.29 is 4.52 Å². The third-order valence-corrected chi connectivity index (χ3v) is 3.32. The zero-order chi connectivity index (χ0) is 10.1. The van der Waals surface area contributed by atoms with E-state index >= 15 is 0 Å².